The van der Waals surface area contributed by atoms with Gasteiger partial charge in [0.1, 0.15) is 0 Å². The van der Waals surface area contributed by atoms with Crippen LogP contribution in [0.5, 0.6) is 0 Å². The summed E-state index contributed by atoms with van der Waals surface area (Å²) in [5.74, 6) is 0. The largest absolute Gasteiger partial charge is 0.327 e. The van der Waals surface area contributed by atoms with E-state index in [4.69, 9.17) is 5.73 Å². The third kappa shape index (κ3) is 4.22. The lowest BCUT2D eigenvalue weighted by Crippen LogP contribution is -1.95. The molecule has 1 heteroatoms. The second-order valence-electron chi connectivity index (χ2n) is 2.20. The van der Waals surface area contributed by atoms with E-state index < -0.39 is 0 Å². The Hall–Kier alpha value is -0.300. The van der Waals surface area contributed by atoms with Gasteiger partial charge in [0.2, 0.25) is 0 Å². The van der Waals surface area contributed by atoms with E-state index >= 15 is 0 Å². The second kappa shape index (κ2) is 5.83. The van der Waals surface area contributed by atoms with Crippen LogP contribution >= 0.6 is 0 Å². The van der Waals surface area contributed by atoms with Gasteiger partial charge in [0.25, 0.3) is 0 Å². The molecule has 0 bridgehead atoms. The summed E-state index contributed by atoms with van der Waals surface area (Å²) in [5, 5.41) is 0. The highest BCUT2D eigenvalue weighted by Gasteiger charge is 1.88. The molecule has 2 N–H and O–H groups in total. The maximum Gasteiger partial charge on any atom is 0.0109 e. The van der Waals surface area contributed by atoms with Gasteiger partial charge in [0.05, 0.1) is 0 Å². The van der Waals surface area contributed by atoms with Gasteiger partial charge in [-0.25, -0.2) is 0 Å². The normalized spacial score (nSPS) is 12.1. The molecule has 0 saturated heterocycles. The Morgan fingerprint density at radius 2 is 2.11 bits per heavy atom. The standard InChI is InChI=1S/C8H17N/c1-3-5-8(4-2)6-7-9/h6H,3-5,7,9H2,1-2H3. The van der Waals surface area contributed by atoms with Gasteiger partial charge < -0.3 is 5.73 Å². The van der Waals surface area contributed by atoms with Gasteiger partial charge in [-0.1, -0.05) is 31.9 Å². The maximum atomic E-state index is 5.36. The predicted molar refractivity (Wildman–Crippen MR) is 42.3 cm³/mol. The van der Waals surface area contributed by atoms with Crippen LogP contribution in [0.15, 0.2) is 11.6 Å². The lowest BCUT2D eigenvalue weighted by Gasteiger charge is -1.99. The van der Waals surface area contributed by atoms with Crippen LogP contribution in [0, 0.1) is 0 Å². The molecule has 0 aliphatic heterocycles. The fourth-order valence-corrected chi connectivity index (χ4v) is 0.911. The van der Waals surface area contributed by atoms with Crippen molar-refractivity contribution in [2.24, 2.45) is 5.73 Å². The van der Waals surface area contributed by atoms with Gasteiger partial charge in [0.15, 0.2) is 0 Å². The van der Waals surface area contributed by atoms with Crippen LogP contribution in [-0.4, -0.2) is 6.54 Å². The summed E-state index contributed by atoms with van der Waals surface area (Å²) in [5.41, 5.74) is 6.86. The van der Waals surface area contributed by atoms with Gasteiger partial charge in [-0.15, -0.1) is 0 Å². The van der Waals surface area contributed by atoms with Crippen molar-refractivity contribution >= 4 is 0 Å². The molecule has 0 aromatic heterocycles. The molecule has 0 heterocycles. The molecule has 0 fully saturated rings. The Bertz CT molecular complexity index is 84.6. The van der Waals surface area contributed by atoms with Crippen molar-refractivity contribution in [3.05, 3.63) is 11.6 Å². The Labute approximate surface area is 57.9 Å². The minimum Gasteiger partial charge on any atom is -0.327 e. The first kappa shape index (κ1) is 8.70. The van der Waals surface area contributed by atoms with Crippen molar-refractivity contribution in [1.29, 1.82) is 0 Å². The Balaban J connectivity index is 3.53. The number of hydrogen-bond donors (Lipinski definition) is 1. The molecule has 0 unspecified atom stereocenters. The molecule has 0 aromatic carbocycles. The molecule has 0 amide bonds. The van der Waals surface area contributed by atoms with Crippen molar-refractivity contribution in [3.8, 4) is 0 Å². The summed E-state index contributed by atoms with van der Waals surface area (Å²) in [6.07, 6.45) is 5.74. The van der Waals surface area contributed by atoms with Crippen LogP contribution in [0.2, 0.25) is 0 Å². The molecule has 0 saturated carbocycles. The van der Waals surface area contributed by atoms with Crippen LogP contribution < -0.4 is 5.73 Å². The zero-order valence-electron chi connectivity index (χ0n) is 6.48. The van der Waals surface area contributed by atoms with Crippen LogP contribution in [0.4, 0.5) is 0 Å². The van der Waals surface area contributed by atoms with Crippen molar-refractivity contribution in [1.82, 2.24) is 0 Å². The van der Waals surface area contributed by atoms with E-state index in [0.717, 1.165) is 6.42 Å². The number of nitrogens with two attached hydrogens (primary N) is 1. The molecule has 0 rings (SSSR count). The van der Waals surface area contributed by atoms with Crippen LogP contribution in [-0.2, 0) is 0 Å². The van der Waals surface area contributed by atoms with Crippen molar-refractivity contribution in [2.75, 3.05) is 6.54 Å². The molecule has 0 aromatic rings. The molecular formula is C8H17N. The minimum absolute atomic E-state index is 0.698. The molecular weight excluding hydrogens is 110 g/mol. The average Bonchev–Trinajstić information content (AvgIpc) is 1.88. The highest BCUT2D eigenvalue weighted by molar-refractivity contribution is 5.01. The van der Waals surface area contributed by atoms with Gasteiger partial charge in [-0.05, 0) is 12.8 Å². The third-order valence-corrected chi connectivity index (χ3v) is 1.43. The Morgan fingerprint density at radius 3 is 2.44 bits per heavy atom. The minimum atomic E-state index is 0.698. The second-order valence-corrected chi connectivity index (χ2v) is 2.20. The number of allylic oxidation sites excluding steroid dienone is 1. The SMILES string of the molecule is CCCC(=CCN)CC. The van der Waals surface area contributed by atoms with E-state index in [1.54, 1.807) is 0 Å². The Kier molecular flexibility index (Phi) is 5.64. The summed E-state index contributed by atoms with van der Waals surface area (Å²) < 4.78 is 0. The zero-order chi connectivity index (χ0) is 7.11. The molecule has 0 spiro atoms. The van der Waals surface area contributed by atoms with Crippen LogP contribution in [0.25, 0.3) is 0 Å². The van der Waals surface area contributed by atoms with Crippen LogP contribution in [0.1, 0.15) is 33.1 Å². The smallest absolute Gasteiger partial charge is 0.0109 e. The predicted octanol–water partition coefficient (Wildman–Crippen LogP) is 2.08. The van der Waals surface area contributed by atoms with Crippen molar-refractivity contribution < 1.29 is 0 Å². The first-order chi connectivity index (χ1) is 4.35. The third-order valence-electron chi connectivity index (χ3n) is 1.43. The fourth-order valence-electron chi connectivity index (χ4n) is 0.911. The van der Waals surface area contributed by atoms with Gasteiger partial charge in [-0.2, -0.15) is 0 Å². The molecule has 9 heavy (non-hydrogen) atoms. The van der Waals surface area contributed by atoms with Gasteiger partial charge in [-0.3, -0.25) is 0 Å². The van der Waals surface area contributed by atoms with E-state index in [1.807, 2.05) is 0 Å². The fraction of sp³-hybridized carbons (Fsp3) is 0.750. The van der Waals surface area contributed by atoms with Gasteiger partial charge >= 0.3 is 0 Å². The first-order valence-corrected chi connectivity index (χ1v) is 3.73. The average molecular weight is 127 g/mol. The monoisotopic (exact) mass is 127 g/mol. The maximum absolute atomic E-state index is 5.36. The van der Waals surface area contributed by atoms with E-state index in [1.165, 1.54) is 18.4 Å². The molecule has 54 valence electrons. The summed E-state index contributed by atoms with van der Waals surface area (Å²) in [4.78, 5) is 0. The van der Waals surface area contributed by atoms with E-state index in [-0.39, 0.29) is 0 Å². The topological polar surface area (TPSA) is 26.0 Å². The van der Waals surface area contributed by atoms with Gasteiger partial charge in [0, 0.05) is 6.54 Å². The summed E-state index contributed by atoms with van der Waals surface area (Å²) in [6, 6.07) is 0. The van der Waals surface area contributed by atoms with Crippen molar-refractivity contribution in [3.63, 3.8) is 0 Å². The van der Waals surface area contributed by atoms with E-state index in [2.05, 4.69) is 19.9 Å². The van der Waals surface area contributed by atoms with Crippen molar-refractivity contribution in [2.45, 2.75) is 33.1 Å². The summed E-state index contributed by atoms with van der Waals surface area (Å²) in [6.45, 7) is 5.07. The lowest BCUT2D eigenvalue weighted by molar-refractivity contribution is 0.851. The molecule has 0 aliphatic rings. The first-order valence-electron chi connectivity index (χ1n) is 3.73. The molecule has 0 radical (unpaired) electrons. The zero-order valence-corrected chi connectivity index (χ0v) is 6.48. The number of rotatable bonds is 4. The summed E-state index contributed by atoms with van der Waals surface area (Å²) >= 11 is 0. The highest BCUT2D eigenvalue weighted by atomic mass is 14.5. The Morgan fingerprint density at radius 1 is 1.44 bits per heavy atom. The molecule has 0 aliphatic carbocycles. The van der Waals surface area contributed by atoms with E-state index in [9.17, 15) is 0 Å². The van der Waals surface area contributed by atoms with E-state index in [0.29, 0.717) is 6.54 Å². The highest BCUT2D eigenvalue weighted by Crippen LogP contribution is 2.07. The summed E-state index contributed by atoms with van der Waals surface area (Å²) in [7, 11) is 0. The number of hydrogen-bond acceptors (Lipinski definition) is 1. The van der Waals surface area contributed by atoms with Crippen LogP contribution in [0.3, 0.4) is 0 Å². The molecule has 0 atom stereocenters. The molecule has 1 nitrogen and oxygen atoms in total. The lowest BCUT2D eigenvalue weighted by atomic mass is 10.1. The quantitative estimate of drug-likeness (QED) is 0.575.